The van der Waals surface area contributed by atoms with E-state index in [1.165, 1.54) is 5.56 Å². The van der Waals surface area contributed by atoms with Crippen molar-refractivity contribution in [3.8, 4) is 0 Å². The van der Waals surface area contributed by atoms with Crippen LogP contribution in [0.4, 0.5) is 5.69 Å². The van der Waals surface area contributed by atoms with Crippen LogP contribution in [-0.4, -0.2) is 55.8 Å². The lowest BCUT2D eigenvalue weighted by Gasteiger charge is -2.36. The van der Waals surface area contributed by atoms with E-state index in [0.29, 0.717) is 37.0 Å². The maximum atomic E-state index is 13.2. The first kappa shape index (κ1) is 23.0. The van der Waals surface area contributed by atoms with Crippen LogP contribution in [0.3, 0.4) is 0 Å². The van der Waals surface area contributed by atoms with Gasteiger partial charge in [0.25, 0.3) is 0 Å². The molecule has 0 radical (unpaired) electrons. The lowest BCUT2D eigenvalue weighted by Crippen LogP contribution is -2.53. The number of para-hydroxylation sites is 1. The van der Waals surface area contributed by atoms with Gasteiger partial charge in [0, 0.05) is 31.9 Å². The molecule has 2 aliphatic rings. The molecule has 0 bridgehead atoms. The number of hydrogen-bond donors (Lipinski definition) is 1. The predicted molar refractivity (Wildman–Crippen MR) is 127 cm³/mol. The third kappa shape index (κ3) is 4.60. The van der Waals surface area contributed by atoms with Crippen LogP contribution in [0.2, 0.25) is 0 Å². The number of sulfonamides is 1. The number of anilines is 1. The van der Waals surface area contributed by atoms with Crippen molar-refractivity contribution in [3.63, 3.8) is 0 Å². The maximum absolute atomic E-state index is 13.2. The average Bonchev–Trinajstić information content (AvgIpc) is 3.27. The topological polar surface area (TPSA) is 69.7 Å². The van der Waals surface area contributed by atoms with Gasteiger partial charge in [-0.2, -0.15) is 4.31 Å². The molecule has 2 aromatic rings. The lowest BCUT2D eigenvalue weighted by atomic mass is 10.0. The standard InChI is InChI=1S/C25H33N3O3S/c1-18(2)23-9-4-5-10-24(23)26-25(29)19(3)27-13-15-28(16-14-27)32(30,31)22-12-11-20-7-6-8-21(20)17-22/h4-5,9-12,17-19H,6-8,13-16H2,1-3H3,(H,26,29)/t19-/m0/s1. The van der Waals surface area contributed by atoms with Crippen molar-refractivity contribution in [2.24, 2.45) is 0 Å². The van der Waals surface area contributed by atoms with Gasteiger partial charge in [-0.25, -0.2) is 8.42 Å². The first-order valence-corrected chi connectivity index (χ1v) is 13.0. The van der Waals surface area contributed by atoms with Crippen molar-refractivity contribution >= 4 is 21.6 Å². The number of benzene rings is 2. The zero-order valence-electron chi connectivity index (χ0n) is 19.2. The number of rotatable bonds is 6. The second-order valence-corrected chi connectivity index (χ2v) is 11.1. The minimum atomic E-state index is -3.51. The minimum absolute atomic E-state index is 0.0620. The van der Waals surface area contributed by atoms with Crippen LogP contribution in [0.25, 0.3) is 0 Å². The summed E-state index contributed by atoms with van der Waals surface area (Å²) in [7, 11) is -3.51. The fourth-order valence-electron chi connectivity index (χ4n) is 4.71. The first-order valence-electron chi connectivity index (χ1n) is 11.5. The largest absolute Gasteiger partial charge is 0.324 e. The van der Waals surface area contributed by atoms with Crippen LogP contribution in [-0.2, 0) is 27.7 Å². The quantitative estimate of drug-likeness (QED) is 0.722. The Labute approximate surface area is 191 Å². The molecule has 172 valence electrons. The fraction of sp³-hybridized carbons (Fsp3) is 0.480. The summed E-state index contributed by atoms with van der Waals surface area (Å²) < 4.78 is 27.9. The number of hydrogen-bond acceptors (Lipinski definition) is 4. The zero-order chi connectivity index (χ0) is 22.9. The smallest absolute Gasteiger partial charge is 0.243 e. The third-order valence-electron chi connectivity index (χ3n) is 6.75. The van der Waals surface area contributed by atoms with Crippen LogP contribution in [0, 0.1) is 0 Å². The summed E-state index contributed by atoms with van der Waals surface area (Å²) >= 11 is 0. The molecule has 1 saturated heterocycles. The molecule has 1 N–H and O–H groups in total. The van der Waals surface area contributed by atoms with Crippen LogP contribution in [0.1, 0.15) is 49.8 Å². The van der Waals surface area contributed by atoms with Crippen molar-refractivity contribution in [2.45, 2.75) is 56.9 Å². The van der Waals surface area contributed by atoms with Crippen LogP contribution < -0.4 is 5.32 Å². The van der Waals surface area contributed by atoms with Crippen molar-refractivity contribution in [2.75, 3.05) is 31.5 Å². The van der Waals surface area contributed by atoms with E-state index < -0.39 is 10.0 Å². The van der Waals surface area contributed by atoms with Crippen molar-refractivity contribution in [1.82, 2.24) is 9.21 Å². The lowest BCUT2D eigenvalue weighted by molar-refractivity contribution is -0.121. The van der Waals surface area contributed by atoms with E-state index in [4.69, 9.17) is 0 Å². The minimum Gasteiger partial charge on any atom is -0.324 e. The van der Waals surface area contributed by atoms with E-state index in [0.717, 1.165) is 36.1 Å². The number of carbonyl (C=O) groups excluding carboxylic acids is 1. The number of nitrogens with zero attached hydrogens (tertiary/aromatic N) is 2. The zero-order valence-corrected chi connectivity index (χ0v) is 20.0. The number of carbonyl (C=O) groups is 1. The molecule has 6 nitrogen and oxygen atoms in total. The second kappa shape index (κ2) is 9.33. The predicted octanol–water partition coefficient (Wildman–Crippen LogP) is 3.63. The Hall–Kier alpha value is -2.22. The van der Waals surface area contributed by atoms with Gasteiger partial charge in [-0.3, -0.25) is 9.69 Å². The number of amides is 1. The Kier molecular flexibility index (Phi) is 6.70. The summed E-state index contributed by atoms with van der Waals surface area (Å²) in [6, 6.07) is 13.1. The molecule has 1 amide bonds. The molecule has 1 aliphatic heterocycles. The molecule has 0 aromatic heterocycles. The van der Waals surface area contributed by atoms with E-state index in [1.807, 2.05) is 43.3 Å². The summed E-state index contributed by atoms with van der Waals surface area (Å²) in [5.41, 5.74) is 4.39. The summed E-state index contributed by atoms with van der Waals surface area (Å²) in [5, 5.41) is 3.07. The van der Waals surface area contributed by atoms with Crippen molar-refractivity contribution in [1.29, 1.82) is 0 Å². The average molecular weight is 456 g/mol. The molecule has 1 heterocycles. The van der Waals surface area contributed by atoms with E-state index >= 15 is 0 Å². The van der Waals surface area contributed by atoms with E-state index in [2.05, 4.69) is 24.1 Å². The summed E-state index contributed by atoms with van der Waals surface area (Å²) in [6.45, 7) is 7.94. The summed E-state index contributed by atoms with van der Waals surface area (Å²) in [5.74, 6) is 0.253. The molecule has 0 saturated carbocycles. The van der Waals surface area contributed by atoms with Gasteiger partial charge in [-0.15, -0.1) is 0 Å². The van der Waals surface area contributed by atoms with E-state index in [-0.39, 0.29) is 11.9 Å². The molecule has 0 spiro atoms. The van der Waals surface area contributed by atoms with Crippen molar-refractivity contribution in [3.05, 3.63) is 59.2 Å². The molecule has 4 rings (SSSR count). The highest BCUT2D eigenvalue weighted by atomic mass is 32.2. The number of piperazine rings is 1. The monoisotopic (exact) mass is 455 g/mol. The van der Waals surface area contributed by atoms with Gasteiger partial charge in [0.2, 0.25) is 15.9 Å². The number of aryl methyl sites for hydroxylation is 2. The van der Waals surface area contributed by atoms with Gasteiger partial charge >= 0.3 is 0 Å². The van der Waals surface area contributed by atoms with Gasteiger partial charge in [-0.1, -0.05) is 38.1 Å². The maximum Gasteiger partial charge on any atom is 0.243 e. The van der Waals surface area contributed by atoms with Crippen LogP contribution >= 0.6 is 0 Å². The summed E-state index contributed by atoms with van der Waals surface area (Å²) in [6.07, 6.45) is 3.09. The normalized spacial score (nSPS) is 18.5. The van der Waals surface area contributed by atoms with Crippen LogP contribution in [0.5, 0.6) is 0 Å². The molecular weight excluding hydrogens is 422 g/mol. The van der Waals surface area contributed by atoms with Gasteiger partial charge < -0.3 is 5.32 Å². The van der Waals surface area contributed by atoms with Crippen molar-refractivity contribution < 1.29 is 13.2 Å². The Bertz CT molecular complexity index is 1090. The van der Waals surface area contributed by atoms with E-state index in [9.17, 15) is 13.2 Å². The highest BCUT2D eigenvalue weighted by Crippen LogP contribution is 2.27. The van der Waals surface area contributed by atoms with Crippen LogP contribution in [0.15, 0.2) is 47.4 Å². The molecule has 2 aromatic carbocycles. The Morgan fingerprint density at radius 1 is 0.938 bits per heavy atom. The Morgan fingerprint density at radius 2 is 1.62 bits per heavy atom. The van der Waals surface area contributed by atoms with Gasteiger partial charge in [0.05, 0.1) is 10.9 Å². The molecule has 1 fully saturated rings. The van der Waals surface area contributed by atoms with E-state index in [1.54, 1.807) is 10.4 Å². The fourth-order valence-corrected chi connectivity index (χ4v) is 6.18. The highest BCUT2D eigenvalue weighted by molar-refractivity contribution is 7.89. The number of nitrogens with one attached hydrogen (secondary N) is 1. The molecular formula is C25H33N3O3S. The van der Waals surface area contributed by atoms with Gasteiger partial charge in [0.15, 0.2) is 0 Å². The molecule has 1 aliphatic carbocycles. The molecule has 7 heteroatoms. The summed E-state index contributed by atoms with van der Waals surface area (Å²) in [4.78, 5) is 15.4. The SMILES string of the molecule is CC(C)c1ccccc1NC(=O)[C@H](C)N1CCN(S(=O)(=O)c2ccc3c(c2)CCC3)CC1. The molecule has 32 heavy (non-hydrogen) atoms. The van der Waals surface area contributed by atoms with Gasteiger partial charge in [0.1, 0.15) is 0 Å². The molecule has 1 atom stereocenters. The second-order valence-electron chi connectivity index (χ2n) is 9.13. The third-order valence-corrected chi connectivity index (χ3v) is 8.64. The Morgan fingerprint density at radius 3 is 2.34 bits per heavy atom. The van der Waals surface area contributed by atoms with Gasteiger partial charge in [-0.05, 0) is 67.0 Å². The first-order chi connectivity index (χ1) is 15.3. The highest BCUT2D eigenvalue weighted by Gasteiger charge is 2.32. The number of fused-ring (bicyclic) bond motifs is 1. The Balaban J connectivity index is 1.38. The molecule has 0 unspecified atom stereocenters.